The fourth-order valence-corrected chi connectivity index (χ4v) is 1.46. The molecule has 6 heteroatoms. The lowest BCUT2D eigenvalue weighted by molar-refractivity contribution is -0.122. The maximum Gasteiger partial charge on any atom is 0.222 e. The van der Waals surface area contributed by atoms with Crippen LogP contribution in [-0.4, -0.2) is 11.9 Å². The predicted octanol–water partition coefficient (Wildman–Crippen LogP) is 2.30. The molecule has 1 rings (SSSR count). The lowest BCUT2D eigenvalue weighted by Crippen LogP contribution is -2.31. The van der Waals surface area contributed by atoms with E-state index in [-0.39, 0.29) is 36.8 Å². The number of amides is 1. The number of carbonyl (C=O) groups is 1. The SMILES string of the molecule is CC(N)CC(=O)NC(C)c1ccc(F)c(F)c1.Cl. The van der Waals surface area contributed by atoms with Gasteiger partial charge in [-0.25, -0.2) is 8.78 Å². The Kier molecular flexibility index (Phi) is 6.80. The van der Waals surface area contributed by atoms with E-state index in [0.717, 1.165) is 12.1 Å². The molecule has 18 heavy (non-hydrogen) atoms. The van der Waals surface area contributed by atoms with Crippen LogP contribution in [0.2, 0.25) is 0 Å². The van der Waals surface area contributed by atoms with Gasteiger partial charge in [0.05, 0.1) is 6.04 Å². The number of rotatable bonds is 4. The standard InChI is InChI=1S/C12H16F2N2O.ClH/c1-7(15)5-12(17)16-8(2)9-3-4-10(13)11(14)6-9;/h3-4,6-8H,5,15H2,1-2H3,(H,16,17);1H. The molecule has 0 aliphatic carbocycles. The van der Waals surface area contributed by atoms with E-state index in [0.29, 0.717) is 5.56 Å². The highest BCUT2D eigenvalue weighted by atomic mass is 35.5. The molecule has 0 saturated heterocycles. The van der Waals surface area contributed by atoms with Crippen molar-refractivity contribution in [2.24, 2.45) is 5.73 Å². The van der Waals surface area contributed by atoms with Gasteiger partial charge in [0.2, 0.25) is 5.91 Å². The van der Waals surface area contributed by atoms with Crippen LogP contribution in [0.3, 0.4) is 0 Å². The second-order valence-corrected chi connectivity index (χ2v) is 4.14. The normalized spacial score (nSPS) is 13.4. The van der Waals surface area contributed by atoms with Gasteiger partial charge in [-0.05, 0) is 31.5 Å². The Morgan fingerprint density at radius 2 is 1.94 bits per heavy atom. The van der Waals surface area contributed by atoms with Gasteiger partial charge in [-0.2, -0.15) is 0 Å². The van der Waals surface area contributed by atoms with Crippen molar-refractivity contribution < 1.29 is 13.6 Å². The fourth-order valence-electron chi connectivity index (χ4n) is 1.46. The van der Waals surface area contributed by atoms with Gasteiger partial charge in [-0.15, -0.1) is 12.4 Å². The summed E-state index contributed by atoms with van der Waals surface area (Å²) in [5, 5.41) is 2.67. The first-order chi connectivity index (χ1) is 7.90. The van der Waals surface area contributed by atoms with Crippen LogP contribution in [0, 0.1) is 11.6 Å². The van der Waals surface area contributed by atoms with Crippen LogP contribution < -0.4 is 11.1 Å². The number of nitrogens with two attached hydrogens (primary N) is 1. The zero-order valence-corrected chi connectivity index (χ0v) is 11.1. The van der Waals surface area contributed by atoms with E-state index in [1.54, 1.807) is 13.8 Å². The molecule has 3 nitrogen and oxygen atoms in total. The van der Waals surface area contributed by atoms with Gasteiger partial charge in [-0.3, -0.25) is 4.79 Å². The molecule has 0 aromatic heterocycles. The topological polar surface area (TPSA) is 55.1 Å². The molecule has 0 aliphatic heterocycles. The predicted molar refractivity (Wildman–Crippen MR) is 68.4 cm³/mol. The molecule has 2 unspecified atom stereocenters. The van der Waals surface area contributed by atoms with E-state index in [9.17, 15) is 13.6 Å². The zero-order valence-electron chi connectivity index (χ0n) is 10.2. The molecule has 1 aromatic carbocycles. The molecule has 0 heterocycles. The molecule has 0 spiro atoms. The Bertz CT molecular complexity index is 413. The molecule has 102 valence electrons. The monoisotopic (exact) mass is 278 g/mol. The summed E-state index contributed by atoms with van der Waals surface area (Å²) >= 11 is 0. The number of nitrogens with one attached hydrogen (secondary N) is 1. The highest BCUT2D eigenvalue weighted by molar-refractivity contribution is 5.85. The van der Waals surface area contributed by atoms with Crippen LogP contribution in [0.15, 0.2) is 18.2 Å². The molecule has 0 fully saturated rings. The van der Waals surface area contributed by atoms with E-state index in [2.05, 4.69) is 5.32 Å². The summed E-state index contributed by atoms with van der Waals surface area (Å²) in [4.78, 5) is 11.4. The van der Waals surface area contributed by atoms with Crippen LogP contribution in [-0.2, 0) is 4.79 Å². The molecule has 3 N–H and O–H groups in total. The van der Waals surface area contributed by atoms with Crippen molar-refractivity contribution in [2.75, 3.05) is 0 Å². The average molecular weight is 279 g/mol. The van der Waals surface area contributed by atoms with Crippen LogP contribution in [0.5, 0.6) is 0 Å². The third-order valence-corrected chi connectivity index (χ3v) is 2.33. The average Bonchev–Trinajstić information content (AvgIpc) is 2.20. The van der Waals surface area contributed by atoms with E-state index in [1.165, 1.54) is 6.07 Å². The van der Waals surface area contributed by atoms with Gasteiger partial charge in [0.1, 0.15) is 0 Å². The van der Waals surface area contributed by atoms with Crippen molar-refractivity contribution in [1.29, 1.82) is 0 Å². The second kappa shape index (κ2) is 7.28. The van der Waals surface area contributed by atoms with E-state index in [4.69, 9.17) is 5.73 Å². The number of hydrogen-bond donors (Lipinski definition) is 2. The Morgan fingerprint density at radius 3 is 2.44 bits per heavy atom. The smallest absolute Gasteiger partial charge is 0.222 e. The minimum Gasteiger partial charge on any atom is -0.350 e. The number of benzene rings is 1. The lowest BCUT2D eigenvalue weighted by atomic mass is 10.1. The summed E-state index contributed by atoms with van der Waals surface area (Å²) in [7, 11) is 0. The Hall–Kier alpha value is -1.20. The third kappa shape index (κ3) is 4.98. The Balaban J connectivity index is 0.00000289. The Labute approximate surface area is 111 Å². The van der Waals surface area contributed by atoms with Gasteiger partial charge in [0.25, 0.3) is 0 Å². The van der Waals surface area contributed by atoms with Crippen molar-refractivity contribution in [3.05, 3.63) is 35.4 Å². The van der Waals surface area contributed by atoms with Gasteiger partial charge in [-0.1, -0.05) is 6.07 Å². The minimum absolute atomic E-state index is 0. The van der Waals surface area contributed by atoms with Crippen LogP contribution in [0.1, 0.15) is 31.9 Å². The van der Waals surface area contributed by atoms with Gasteiger partial charge in [0.15, 0.2) is 11.6 Å². The van der Waals surface area contributed by atoms with Crippen molar-refractivity contribution >= 4 is 18.3 Å². The number of carbonyl (C=O) groups excluding carboxylic acids is 1. The second-order valence-electron chi connectivity index (χ2n) is 4.14. The molecule has 0 saturated carbocycles. The number of hydrogen-bond acceptors (Lipinski definition) is 2. The van der Waals surface area contributed by atoms with Gasteiger partial charge >= 0.3 is 0 Å². The summed E-state index contributed by atoms with van der Waals surface area (Å²) < 4.78 is 25.7. The molecule has 2 atom stereocenters. The van der Waals surface area contributed by atoms with Crippen LogP contribution in [0.25, 0.3) is 0 Å². The maximum absolute atomic E-state index is 13.0. The van der Waals surface area contributed by atoms with E-state index < -0.39 is 11.6 Å². The van der Waals surface area contributed by atoms with E-state index in [1.807, 2.05) is 0 Å². The molecule has 1 aromatic rings. The zero-order chi connectivity index (χ0) is 13.0. The molecule has 1 amide bonds. The van der Waals surface area contributed by atoms with Crippen molar-refractivity contribution in [3.63, 3.8) is 0 Å². The molecular formula is C12H17ClF2N2O. The summed E-state index contributed by atoms with van der Waals surface area (Å²) in [6.07, 6.45) is 0.202. The minimum atomic E-state index is -0.921. The molecule has 0 bridgehead atoms. The van der Waals surface area contributed by atoms with Crippen molar-refractivity contribution in [1.82, 2.24) is 5.32 Å². The summed E-state index contributed by atoms with van der Waals surface area (Å²) in [5.74, 6) is -2.03. The van der Waals surface area contributed by atoms with Crippen LogP contribution in [0.4, 0.5) is 8.78 Å². The largest absolute Gasteiger partial charge is 0.350 e. The van der Waals surface area contributed by atoms with Gasteiger partial charge in [0, 0.05) is 12.5 Å². The fraction of sp³-hybridized carbons (Fsp3) is 0.417. The first-order valence-corrected chi connectivity index (χ1v) is 5.40. The van der Waals surface area contributed by atoms with E-state index >= 15 is 0 Å². The summed E-state index contributed by atoms with van der Waals surface area (Å²) in [6.45, 7) is 3.42. The molecule has 0 aliphatic rings. The van der Waals surface area contributed by atoms with Gasteiger partial charge < -0.3 is 11.1 Å². The first-order valence-electron chi connectivity index (χ1n) is 5.40. The highest BCUT2D eigenvalue weighted by Gasteiger charge is 2.12. The van der Waals surface area contributed by atoms with Crippen molar-refractivity contribution in [3.8, 4) is 0 Å². The molecular weight excluding hydrogens is 262 g/mol. The van der Waals surface area contributed by atoms with Crippen molar-refractivity contribution in [2.45, 2.75) is 32.4 Å². The Morgan fingerprint density at radius 1 is 1.33 bits per heavy atom. The van der Waals surface area contributed by atoms with Crippen LogP contribution >= 0.6 is 12.4 Å². The quantitative estimate of drug-likeness (QED) is 0.888. The first kappa shape index (κ1) is 16.8. The lowest BCUT2D eigenvalue weighted by Gasteiger charge is -2.15. The molecule has 0 radical (unpaired) electrons. The highest BCUT2D eigenvalue weighted by Crippen LogP contribution is 2.15. The third-order valence-electron chi connectivity index (χ3n) is 2.33. The summed E-state index contributed by atoms with van der Waals surface area (Å²) in [6, 6.07) is 2.95. The maximum atomic E-state index is 13.0. The number of halogens is 3. The summed E-state index contributed by atoms with van der Waals surface area (Å²) in [5.41, 5.74) is 6.00.